The maximum Gasteiger partial charge on any atom is 0.333 e. The third-order valence-electron chi connectivity index (χ3n) is 6.78. The number of hydrogen-bond donors (Lipinski definition) is 1. The minimum atomic E-state index is -0.610. The standard InChI is InChI=1S/C26H47N3O4/c1-10-19(7)23(27-24(30)21-14-12-13-15-29(21)18(5)6)25(31)28(9)22(17(3)4)16-20(8)26(32)33-11-2/h16-19,21-23H,10-15H2,1-9H3,(H,27,30)/b20-16+/t19-,21?,22+,23-/m0/s1. The van der Waals surface area contributed by atoms with Crippen molar-refractivity contribution >= 4 is 17.8 Å². The van der Waals surface area contributed by atoms with Crippen LogP contribution in [-0.4, -0.2) is 72.0 Å². The van der Waals surface area contributed by atoms with E-state index in [1.165, 1.54) is 0 Å². The Kier molecular flexibility index (Phi) is 12.1. The monoisotopic (exact) mass is 465 g/mol. The van der Waals surface area contributed by atoms with Gasteiger partial charge in [0, 0.05) is 18.7 Å². The third kappa shape index (κ3) is 8.13. The molecule has 0 radical (unpaired) electrons. The Morgan fingerprint density at radius 2 is 1.76 bits per heavy atom. The molecule has 1 aliphatic rings. The van der Waals surface area contributed by atoms with Crippen molar-refractivity contribution in [2.45, 2.75) is 105 Å². The van der Waals surface area contributed by atoms with Gasteiger partial charge in [-0.1, -0.05) is 46.6 Å². The molecule has 0 aromatic carbocycles. The summed E-state index contributed by atoms with van der Waals surface area (Å²) in [5.41, 5.74) is 0.481. The van der Waals surface area contributed by atoms with Gasteiger partial charge in [0.2, 0.25) is 11.8 Å². The van der Waals surface area contributed by atoms with E-state index in [-0.39, 0.29) is 47.7 Å². The quantitative estimate of drug-likeness (QED) is 0.371. The van der Waals surface area contributed by atoms with Crippen LogP contribution >= 0.6 is 0 Å². The van der Waals surface area contributed by atoms with Gasteiger partial charge in [-0.25, -0.2) is 4.79 Å². The van der Waals surface area contributed by atoms with Crippen LogP contribution in [0, 0.1) is 11.8 Å². The number of carbonyl (C=O) groups excluding carboxylic acids is 3. The molecular formula is C26H47N3O4. The largest absolute Gasteiger partial charge is 0.463 e. The maximum absolute atomic E-state index is 13.7. The van der Waals surface area contributed by atoms with Crippen LogP contribution in [0.15, 0.2) is 11.6 Å². The highest BCUT2D eigenvalue weighted by Gasteiger charge is 2.36. The van der Waals surface area contributed by atoms with Gasteiger partial charge in [0.25, 0.3) is 0 Å². The number of hydrogen-bond acceptors (Lipinski definition) is 5. The summed E-state index contributed by atoms with van der Waals surface area (Å²) in [5.74, 6) is -0.484. The first-order valence-electron chi connectivity index (χ1n) is 12.6. The zero-order valence-corrected chi connectivity index (χ0v) is 22.3. The van der Waals surface area contributed by atoms with Gasteiger partial charge in [0.15, 0.2) is 0 Å². The molecule has 4 atom stereocenters. The zero-order chi connectivity index (χ0) is 25.3. The van der Waals surface area contributed by atoms with Crippen LogP contribution in [0.2, 0.25) is 0 Å². The number of nitrogens with zero attached hydrogens (tertiary/aromatic N) is 2. The summed E-state index contributed by atoms with van der Waals surface area (Å²) in [6.07, 6.45) is 5.51. The van der Waals surface area contributed by atoms with Crippen LogP contribution in [0.3, 0.4) is 0 Å². The molecular weight excluding hydrogens is 418 g/mol. The molecule has 0 saturated carbocycles. The normalized spacial score (nSPS) is 20.3. The molecule has 1 heterocycles. The van der Waals surface area contributed by atoms with Gasteiger partial charge in [-0.2, -0.15) is 0 Å². The number of carbonyl (C=O) groups is 3. The summed E-state index contributed by atoms with van der Waals surface area (Å²) in [6.45, 7) is 17.0. The zero-order valence-electron chi connectivity index (χ0n) is 22.3. The van der Waals surface area contributed by atoms with E-state index in [1.54, 1.807) is 31.9 Å². The van der Waals surface area contributed by atoms with Crippen LogP contribution in [-0.2, 0) is 19.1 Å². The smallest absolute Gasteiger partial charge is 0.333 e. The van der Waals surface area contributed by atoms with Gasteiger partial charge in [0.1, 0.15) is 6.04 Å². The van der Waals surface area contributed by atoms with E-state index >= 15 is 0 Å². The van der Waals surface area contributed by atoms with Gasteiger partial charge in [-0.05, 0) is 58.9 Å². The van der Waals surface area contributed by atoms with Crippen LogP contribution in [0.5, 0.6) is 0 Å². The first-order chi connectivity index (χ1) is 15.5. The van der Waals surface area contributed by atoms with E-state index in [0.717, 1.165) is 32.2 Å². The summed E-state index contributed by atoms with van der Waals surface area (Å²) in [5, 5.41) is 3.11. The van der Waals surface area contributed by atoms with E-state index in [4.69, 9.17) is 4.74 Å². The number of ether oxygens (including phenoxy) is 1. The summed E-state index contributed by atoms with van der Waals surface area (Å²) >= 11 is 0. The Hall–Kier alpha value is -1.89. The van der Waals surface area contributed by atoms with E-state index in [9.17, 15) is 14.4 Å². The summed E-state index contributed by atoms with van der Waals surface area (Å²) in [4.78, 5) is 43.0. The number of likely N-dealkylation sites (tertiary alicyclic amines) is 1. The second-order valence-corrected chi connectivity index (χ2v) is 9.97. The molecule has 0 spiro atoms. The van der Waals surface area contributed by atoms with E-state index in [2.05, 4.69) is 24.1 Å². The van der Waals surface area contributed by atoms with Gasteiger partial charge in [-0.15, -0.1) is 0 Å². The number of likely N-dealkylation sites (N-methyl/N-ethyl adjacent to an activating group) is 1. The molecule has 1 aliphatic heterocycles. The summed E-state index contributed by atoms with van der Waals surface area (Å²) in [7, 11) is 1.75. The molecule has 1 saturated heterocycles. The molecule has 2 amide bonds. The molecule has 7 nitrogen and oxygen atoms in total. The Morgan fingerprint density at radius 1 is 1.12 bits per heavy atom. The van der Waals surface area contributed by atoms with E-state index < -0.39 is 6.04 Å². The first-order valence-corrected chi connectivity index (χ1v) is 12.6. The Labute approximate surface area is 201 Å². The lowest BCUT2D eigenvalue weighted by molar-refractivity contribution is -0.140. The van der Waals surface area contributed by atoms with E-state index in [0.29, 0.717) is 12.2 Å². The third-order valence-corrected chi connectivity index (χ3v) is 6.78. The number of piperidine rings is 1. The number of amides is 2. The number of nitrogens with one attached hydrogen (secondary N) is 1. The topological polar surface area (TPSA) is 79.0 Å². The molecule has 0 bridgehead atoms. The molecule has 1 fully saturated rings. The number of rotatable bonds is 11. The van der Waals surface area contributed by atoms with Crippen molar-refractivity contribution in [3.8, 4) is 0 Å². The lowest BCUT2D eigenvalue weighted by atomic mass is 9.93. The first kappa shape index (κ1) is 29.1. The Morgan fingerprint density at radius 3 is 2.27 bits per heavy atom. The lowest BCUT2D eigenvalue weighted by Gasteiger charge is -2.39. The molecule has 1 unspecified atom stereocenters. The van der Waals surface area contributed by atoms with Crippen molar-refractivity contribution in [3.63, 3.8) is 0 Å². The van der Waals surface area contributed by atoms with Crippen LogP contribution in [0.25, 0.3) is 0 Å². The predicted octanol–water partition coefficient (Wildman–Crippen LogP) is 3.77. The Bertz CT molecular complexity index is 689. The molecule has 1 rings (SSSR count). The van der Waals surface area contributed by atoms with Gasteiger partial charge in [0.05, 0.1) is 18.7 Å². The molecule has 1 N–H and O–H groups in total. The summed E-state index contributed by atoms with van der Waals surface area (Å²) < 4.78 is 5.10. The second kappa shape index (κ2) is 13.7. The second-order valence-electron chi connectivity index (χ2n) is 9.97. The van der Waals surface area contributed by atoms with E-state index in [1.807, 2.05) is 27.7 Å². The molecule has 7 heteroatoms. The highest BCUT2D eigenvalue weighted by atomic mass is 16.5. The molecule has 33 heavy (non-hydrogen) atoms. The lowest BCUT2D eigenvalue weighted by Crippen LogP contribution is -2.59. The van der Waals surface area contributed by atoms with Crippen molar-refractivity contribution in [1.29, 1.82) is 0 Å². The average molecular weight is 466 g/mol. The molecule has 0 aliphatic carbocycles. The molecule has 0 aromatic heterocycles. The van der Waals surface area contributed by atoms with Crippen LogP contribution in [0.4, 0.5) is 0 Å². The minimum Gasteiger partial charge on any atom is -0.463 e. The fourth-order valence-electron chi connectivity index (χ4n) is 4.47. The fraction of sp³-hybridized carbons (Fsp3) is 0.808. The number of esters is 1. The van der Waals surface area contributed by atoms with Crippen LogP contribution < -0.4 is 5.32 Å². The van der Waals surface area contributed by atoms with Gasteiger partial charge in [-0.3, -0.25) is 14.5 Å². The SMILES string of the molecule is CCOC(=O)/C(C)=C/[C@H](C(C)C)N(C)C(=O)[C@@H](NC(=O)C1CCCCN1C(C)C)[C@@H](C)CC. The fourth-order valence-corrected chi connectivity index (χ4v) is 4.47. The van der Waals surface area contributed by atoms with Crippen molar-refractivity contribution in [3.05, 3.63) is 11.6 Å². The van der Waals surface area contributed by atoms with Gasteiger partial charge >= 0.3 is 5.97 Å². The van der Waals surface area contributed by atoms with Crippen molar-refractivity contribution in [2.75, 3.05) is 20.2 Å². The Balaban J connectivity index is 3.12. The highest BCUT2D eigenvalue weighted by Crippen LogP contribution is 2.22. The highest BCUT2D eigenvalue weighted by molar-refractivity contribution is 5.91. The van der Waals surface area contributed by atoms with Gasteiger partial charge < -0.3 is 15.0 Å². The average Bonchev–Trinajstić information content (AvgIpc) is 2.78. The van der Waals surface area contributed by atoms with Crippen molar-refractivity contribution in [1.82, 2.24) is 15.1 Å². The summed E-state index contributed by atoms with van der Waals surface area (Å²) in [6, 6.07) is -0.814. The molecule has 190 valence electrons. The van der Waals surface area contributed by atoms with Crippen molar-refractivity contribution in [2.24, 2.45) is 11.8 Å². The predicted molar refractivity (Wildman–Crippen MR) is 133 cm³/mol. The molecule has 0 aromatic rings. The maximum atomic E-state index is 13.7. The minimum absolute atomic E-state index is 0.0112. The van der Waals surface area contributed by atoms with Crippen molar-refractivity contribution < 1.29 is 19.1 Å². The van der Waals surface area contributed by atoms with Crippen LogP contribution in [0.1, 0.15) is 81.1 Å².